The molecular weight excluding hydrogens is 280 g/mol. The van der Waals surface area contributed by atoms with Crippen LogP contribution in [0, 0.1) is 5.92 Å². The predicted octanol–water partition coefficient (Wildman–Crippen LogP) is 3.15. The van der Waals surface area contributed by atoms with Crippen molar-refractivity contribution in [1.29, 1.82) is 0 Å². The second kappa shape index (κ2) is 6.85. The third-order valence-electron chi connectivity index (χ3n) is 3.66. The van der Waals surface area contributed by atoms with Crippen LogP contribution in [-0.4, -0.2) is 35.7 Å². The number of ether oxygens (including phenoxy) is 1. The van der Waals surface area contributed by atoms with Crippen LogP contribution in [0.2, 0.25) is 0 Å². The van der Waals surface area contributed by atoms with E-state index in [1.165, 1.54) is 12.1 Å². The van der Waals surface area contributed by atoms with Gasteiger partial charge < -0.3 is 9.84 Å². The molecule has 1 saturated carbocycles. The van der Waals surface area contributed by atoms with Crippen LogP contribution in [0.25, 0.3) is 0 Å². The molecule has 1 aliphatic carbocycles. The van der Waals surface area contributed by atoms with Crippen LogP contribution in [-0.2, 0) is 4.79 Å². The van der Waals surface area contributed by atoms with E-state index in [0.29, 0.717) is 5.92 Å². The first-order valence-electron chi connectivity index (χ1n) is 6.96. The molecule has 2 rings (SSSR count). The van der Waals surface area contributed by atoms with Crippen LogP contribution >= 0.6 is 0 Å². The van der Waals surface area contributed by atoms with E-state index >= 15 is 0 Å². The topological polar surface area (TPSA) is 49.8 Å². The summed E-state index contributed by atoms with van der Waals surface area (Å²) >= 11 is 0. The molecule has 4 nitrogen and oxygen atoms in total. The van der Waals surface area contributed by atoms with Gasteiger partial charge in [0.1, 0.15) is 5.75 Å². The average Bonchev–Trinajstić information content (AvgIpc) is 3.21. The molecule has 0 amide bonds. The van der Waals surface area contributed by atoms with E-state index in [0.717, 1.165) is 24.9 Å². The molecule has 0 bridgehead atoms. The largest absolute Gasteiger partial charge is 0.480 e. The van der Waals surface area contributed by atoms with Gasteiger partial charge in [-0.2, -0.15) is 8.78 Å². The van der Waals surface area contributed by atoms with Crippen molar-refractivity contribution in [3.8, 4) is 5.75 Å². The van der Waals surface area contributed by atoms with Crippen LogP contribution in [0.3, 0.4) is 0 Å². The third-order valence-corrected chi connectivity index (χ3v) is 3.66. The Morgan fingerprint density at radius 3 is 2.48 bits per heavy atom. The number of aliphatic carboxylic acids is 1. The molecule has 0 aromatic heterocycles. The average molecular weight is 299 g/mol. The Labute approximate surface area is 122 Å². The van der Waals surface area contributed by atoms with Crippen LogP contribution in [0.15, 0.2) is 24.3 Å². The summed E-state index contributed by atoms with van der Waals surface area (Å²) in [4.78, 5) is 12.9. The highest BCUT2D eigenvalue weighted by Gasteiger charge is 2.28. The van der Waals surface area contributed by atoms with Gasteiger partial charge in [-0.05, 0) is 43.4 Å². The van der Waals surface area contributed by atoms with Crippen molar-refractivity contribution in [3.63, 3.8) is 0 Å². The van der Waals surface area contributed by atoms with E-state index < -0.39 is 12.6 Å². The highest BCUT2D eigenvalue weighted by atomic mass is 19.3. The molecule has 1 aromatic carbocycles. The Balaban J connectivity index is 2.03. The lowest BCUT2D eigenvalue weighted by Crippen LogP contribution is -2.34. The number of carboxylic acid groups (broad SMARTS) is 1. The second-order valence-electron chi connectivity index (χ2n) is 5.39. The smallest absolute Gasteiger partial charge is 0.387 e. The fraction of sp³-hybridized carbons (Fsp3) is 0.533. The van der Waals surface area contributed by atoms with Crippen molar-refractivity contribution in [2.45, 2.75) is 32.4 Å². The van der Waals surface area contributed by atoms with Crippen LogP contribution < -0.4 is 4.74 Å². The molecule has 1 N–H and O–H groups in total. The molecule has 1 fully saturated rings. The lowest BCUT2D eigenvalue weighted by atomic mass is 10.1. The number of alkyl halides is 2. The van der Waals surface area contributed by atoms with E-state index in [1.54, 1.807) is 12.1 Å². The van der Waals surface area contributed by atoms with Crippen molar-refractivity contribution >= 4 is 5.97 Å². The van der Waals surface area contributed by atoms with Gasteiger partial charge in [0.05, 0.1) is 6.54 Å². The van der Waals surface area contributed by atoms with Crippen molar-refractivity contribution < 1.29 is 23.4 Å². The first-order valence-corrected chi connectivity index (χ1v) is 6.96. The molecule has 21 heavy (non-hydrogen) atoms. The molecular formula is C15H19F2NO3. The number of benzene rings is 1. The highest BCUT2D eigenvalue weighted by molar-refractivity contribution is 5.69. The van der Waals surface area contributed by atoms with Crippen molar-refractivity contribution in [3.05, 3.63) is 29.8 Å². The fourth-order valence-electron chi connectivity index (χ4n) is 2.30. The van der Waals surface area contributed by atoms with Gasteiger partial charge in [-0.1, -0.05) is 12.1 Å². The Kier molecular flexibility index (Phi) is 5.12. The Morgan fingerprint density at radius 2 is 2.00 bits per heavy atom. The summed E-state index contributed by atoms with van der Waals surface area (Å²) in [5.41, 5.74) is 0.888. The summed E-state index contributed by atoms with van der Waals surface area (Å²) in [7, 11) is 0. The molecule has 0 heterocycles. The Morgan fingerprint density at radius 1 is 1.38 bits per heavy atom. The summed E-state index contributed by atoms with van der Waals surface area (Å²) in [5, 5.41) is 9.01. The monoisotopic (exact) mass is 299 g/mol. The molecule has 0 aliphatic heterocycles. The molecule has 0 radical (unpaired) electrons. The summed E-state index contributed by atoms with van der Waals surface area (Å²) in [6.07, 6.45) is 2.29. The van der Waals surface area contributed by atoms with Gasteiger partial charge in [-0.3, -0.25) is 9.69 Å². The van der Waals surface area contributed by atoms with Gasteiger partial charge in [0, 0.05) is 12.6 Å². The van der Waals surface area contributed by atoms with Crippen molar-refractivity contribution in [2.75, 3.05) is 13.1 Å². The molecule has 1 atom stereocenters. The van der Waals surface area contributed by atoms with Gasteiger partial charge in [-0.15, -0.1) is 0 Å². The van der Waals surface area contributed by atoms with Gasteiger partial charge >= 0.3 is 12.6 Å². The number of carbonyl (C=O) groups is 1. The Bertz CT molecular complexity index is 474. The number of hydrogen-bond donors (Lipinski definition) is 1. The number of nitrogens with zero attached hydrogens (tertiary/aromatic N) is 1. The minimum atomic E-state index is -2.84. The number of rotatable bonds is 8. The standard InChI is InChI=1S/C15H19F2NO3/c1-10(18(9-14(19)20)8-11-2-3-11)12-4-6-13(7-5-12)21-15(16)17/h4-7,10-11,15H,2-3,8-9H2,1H3,(H,19,20). The number of hydrogen-bond acceptors (Lipinski definition) is 3. The zero-order chi connectivity index (χ0) is 15.4. The zero-order valence-electron chi connectivity index (χ0n) is 11.8. The normalized spacial score (nSPS) is 16.2. The number of carboxylic acids is 1. The van der Waals surface area contributed by atoms with Gasteiger partial charge in [0.2, 0.25) is 0 Å². The van der Waals surface area contributed by atoms with Crippen molar-refractivity contribution in [2.24, 2.45) is 5.92 Å². The lowest BCUT2D eigenvalue weighted by Gasteiger charge is -2.28. The predicted molar refractivity (Wildman–Crippen MR) is 73.4 cm³/mol. The minimum Gasteiger partial charge on any atom is -0.480 e. The van der Waals surface area contributed by atoms with E-state index in [-0.39, 0.29) is 18.3 Å². The second-order valence-corrected chi connectivity index (χ2v) is 5.39. The third kappa shape index (κ3) is 4.97. The Hall–Kier alpha value is -1.69. The maximum atomic E-state index is 12.1. The molecule has 116 valence electrons. The van der Waals surface area contributed by atoms with Gasteiger partial charge in [-0.25, -0.2) is 0 Å². The molecule has 1 aliphatic rings. The summed E-state index contributed by atoms with van der Waals surface area (Å²) in [6.45, 7) is -0.184. The van der Waals surface area contributed by atoms with E-state index in [4.69, 9.17) is 5.11 Å². The van der Waals surface area contributed by atoms with Crippen LogP contribution in [0.4, 0.5) is 8.78 Å². The maximum absolute atomic E-state index is 12.1. The first kappa shape index (κ1) is 15.7. The minimum absolute atomic E-state index is 0.0209. The molecule has 6 heteroatoms. The highest BCUT2D eigenvalue weighted by Crippen LogP contribution is 2.33. The quantitative estimate of drug-likeness (QED) is 0.801. The van der Waals surface area contributed by atoms with Crippen LogP contribution in [0.5, 0.6) is 5.75 Å². The van der Waals surface area contributed by atoms with E-state index in [9.17, 15) is 13.6 Å². The lowest BCUT2D eigenvalue weighted by molar-refractivity contribution is -0.139. The van der Waals surface area contributed by atoms with E-state index in [1.807, 2.05) is 11.8 Å². The van der Waals surface area contributed by atoms with Gasteiger partial charge in [0.15, 0.2) is 0 Å². The molecule has 1 aromatic rings. The molecule has 0 saturated heterocycles. The molecule has 0 spiro atoms. The first-order chi connectivity index (χ1) is 9.95. The summed E-state index contributed by atoms with van der Waals surface area (Å²) < 4.78 is 28.5. The van der Waals surface area contributed by atoms with Crippen molar-refractivity contribution in [1.82, 2.24) is 4.90 Å². The fourth-order valence-corrected chi connectivity index (χ4v) is 2.30. The SMILES string of the molecule is CC(c1ccc(OC(F)F)cc1)N(CC(=O)O)CC1CC1. The summed E-state index contributed by atoms with van der Waals surface area (Å²) in [6, 6.07) is 6.28. The number of halogens is 2. The van der Waals surface area contributed by atoms with Crippen LogP contribution in [0.1, 0.15) is 31.4 Å². The molecule has 1 unspecified atom stereocenters. The van der Waals surface area contributed by atoms with Gasteiger partial charge in [0.25, 0.3) is 0 Å². The summed E-state index contributed by atoms with van der Waals surface area (Å²) in [5.74, 6) is -0.179. The zero-order valence-corrected chi connectivity index (χ0v) is 11.8. The maximum Gasteiger partial charge on any atom is 0.387 e. The van der Waals surface area contributed by atoms with E-state index in [2.05, 4.69) is 4.74 Å².